The summed E-state index contributed by atoms with van der Waals surface area (Å²) in [6.45, 7) is 1.36. The van der Waals surface area contributed by atoms with Crippen molar-refractivity contribution in [1.29, 1.82) is 5.26 Å². The van der Waals surface area contributed by atoms with Gasteiger partial charge in [0.05, 0.1) is 35.4 Å². The lowest BCUT2D eigenvalue weighted by Crippen LogP contribution is -2.23. The molecule has 12 heteroatoms. The normalized spacial score (nSPS) is 11.0. The van der Waals surface area contributed by atoms with Crippen LogP contribution in [0.2, 0.25) is 0 Å². The van der Waals surface area contributed by atoms with Gasteiger partial charge in [0, 0.05) is 5.56 Å². The summed E-state index contributed by atoms with van der Waals surface area (Å²) < 4.78 is 42.5. The first kappa shape index (κ1) is 24.0. The van der Waals surface area contributed by atoms with E-state index < -0.39 is 22.0 Å². The van der Waals surface area contributed by atoms with E-state index in [9.17, 15) is 23.3 Å². The van der Waals surface area contributed by atoms with Gasteiger partial charge < -0.3 is 19.6 Å². The molecule has 0 saturated heterocycles. The molecule has 0 atom stereocenters. The van der Waals surface area contributed by atoms with E-state index in [4.69, 9.17) is 19.6 Å². The van der Waals surface area contributed by atoms with Crippen LogP contribution in [0.3, 0.4) is 0 Å². The number of nitrogen functional groups attached to an aromatic ring is 1. The second-order valence-corrected chi connectivity index (χ2v) is 9.30. The summed E-state index contributed by atoms with van der Waals surface area (Å²) in [6.07, 6.45) is 1.43. The average Bonchev–Trinajstić information content (AvgIpc) is 3.43. The number of benzene rings is 1. The Labute approximate surface area is 193 Å². The number of carbonyl (C=O) groups is 2. The molecule has 0 radical (unpaired) electrons. The first-order valence-corrected chi connectivity index (χ1v) is 11.8. The highest BCUT2D eigenvalue weighted by molar-refractivity contribution is 7.89. The molecule has 172 valence electrons. The molecule has 0 spiro atoms. The third kappa shape index (κ3) is 5.58. The molecule has 0 aliphatic carbocycles. The fourth-order valence-electron chi connectivity index (χ4n) is 2.76. The SMILES string of the molecule is CCOC(=O)c1sc(N)c(C#N)c1COC(=O)c1ccc(S(=O)(=O)NCc2ccco2)cc1. The smallest absolute Gasteiger partial charge is 0.348 e. The van der Waals surface area contributed by atoms with Crippen LogP contribution in [-0.4, -0.2) is 27.0 Å². The maximum absolute atomic E-state index is 12.4. The number of esters is 2. The first-order valence-electron chi connectivity index (χ1n) is 9.54. The molecule has 0 aliphatic heterocycles. The Kier molecular flexibility index (Phi) is 7.49. The van der Waals surface area contributed by atoms with Gasteiger partial charge in [-0.3, -0.25) is 0 Å². The third-order valence-corrected chi connectivity index (χ3v) is 6.83. The van der Waals surface area contributed by atoms with E-state index in [0.717, 1.165) is 11.3 Å². The van der Waals surface area contributed by atoms with Gasteiger partial charge in [-0.25, -0.2) is 22.7 Å². The molecule has 0 bridgehead atoms. The number of anilines is 1. The molecule has 10 nitrogen and oxygen atoms in total. The van der Waals surface area contributed by atoms with Crippen molar-refractivity contribution in [3.8, 4) is 6.07 Å². The van der Waals surface area contributed by atoms with Crippen molar-refractivity contribution in [2.24, 2.45) is 0 Å². The molecule has 2 heterocycles. The lowest BCUT2D eigenvalue weighted by molar-refractivity contribution is 0.0452. The number of hydrogen-bond donors (Lipinski definition) is 2. The second-order valence-electron chi connectivity index (χ2n) is 6.49. The zero-order valence-corrected chi connectivity index (χ0v) is 19.0. The van der Waals surface area contributed by atoms with Crippen LogP contribution in [0.4, 0.5) is 5.00 Å². The summed E-state index contributed by atoms with van der Waals surface area (Å²) in [5.41, 5.74) is 6.08. The van der Waals surface area contributed by atoms with E-state index in [1.807, 2.05) is 6.07 Å². The maximum Gasteiger partial charge on any atom is 0.348 e. The minimum Gasteiger partial charge on any atom is -0.468 e. The molecule has 0 aliphatic rings. The number of nitrogens with zero attached hydrogens (tertiary/aromatic N) is 1. The Bertz CT molecular complexity index is 1290. The van der Waals surface area contributed by atoms with E-state index >= 15 is 0 Å². The molecule has 0 fully saturated rings. The Morgan fingerprint density at radius 3 is 2.52 bits per heavy atom. The summed E-state index contributed by atoms with van der Waals surface area (Å²) in [5.74, 6) is -0.990. The summed E-state index contributed by atoms with van der Waals surface area (Å²) in [5, 5.41) is 9.45. The Hall–Kier alpha value is -3.66. The van der Waals surface area contributed by atoms with Crippen molar-refractivity contribution in [3.05, 3.63) is 70.0 Å². The Balaban J connectivity index is 1.69. The van der Waals surface area contributed by atoms with Crippen LogP contribution >= 0.6 is 11.3 Å². The molecule has 1 aromatic carbocycles. The van der Waals surface area contributed by atoms with E-state index in [0.29, 0.717) is 5.76 Å². The van der Waals surface area contributed by atoms with Gasteiger partial charge in [-0.2, -0.15) is 5.26 Å². The number of nitrogens with two attached hydrogens (primary N) is 1. The predicted molar refractivity (Wildman–Crippen MR) is 118 cm³/mol. The molecule has 3 rings (SSSR count). The Morgan fingerprint density at radius 1 is 1.18 bits per heavy atom. The van der Waals surface area contributed by atoms with Gasteiger partial charge in [-0.15, -0.1) is 11.3 Å². The van der Waals surface area contributed by atoms with Crippen LogP contribution in [-0.2, 0) is 32.6 Å². The number of carbonyl (C=O) groups excluding carboxylic acids is 2. The molecular formula is C21H19N3O7S2. The highest BCUT2D eigenvalue weighted by Crippen LogP contribution is 2.32. The quantitative estimate of drug-likeness (QED) is 0.430. The van der Waals surface area contributed by atoms with Crippen LogP contribution < -0.4 is 10.5 Å². The van der Waals surface area contributed by atoms with Gasteiger partial charge >= 0.3 is 11.9 Å². The van der Waals surface area contributed by atoms with Crippen molar-refractivity contribution in [3.63, 3.8) is 0 Å². The molecule has 2 aromatic heterocycles. The number of hydrogen-bond acceptors (Lipinski definition) is 10. The van der Waals surface area contributed by atoms with Gasteiger partial charge in [0.2, 0.25) is 10.0 Å². The lowest BCUT2D eigenvalue weighted by Gasteiger charge is -2.08. The van der Waals surface area contributed by atoms with Crippen LogP contribution in [0.5, 0.6) is 0 Å². The molecule has 0 amide bonds. The number of furan rings is 1. The van der Waals surface area contributed by atoms with Gasteiger partial charge in [-0.1, -0.05) is 0 Å². The molecule has 3 N–H and O–H groups in total. The van der Waals surface area contributed by atoms with Crippen LogP contribution in [0, 0.1) is 11.3 Å². The van der Waals surface area contributed by atoms with Gasteiger partial charge in [0.25, 0.3) is 0 Å². The van der Waals surface area contributed by atoms with Gasteiger partial charge in [-0.05, 0) is 43.3 Å². The molecule has 33 heavy (non-hydrogen) atoms. The van der Waals surface area contributed by atoms with Crippen molar-refractivity contribution < 1.29 is 31.9 Å². The van der Waals surface area contributed by atoms with Crippen molar-refractivity contribution in [2.75, 3.05) is 12.3 Å². The topological polar surface area (TPSA) is 162 Å². The number of nitriles is 1. The van der Waals surface area contributed by atoms with E-state index in [2.05, 4.69) is 4.72 Å². The van der Waals surface area contributed by atoms with Crippen molar-refractivity contribution in [2.45, 2.75) is 25.0 Å². The van der Waals surface area contributed by atoms with Crippen molar-refractivity contribution in [1.82, 2.24) is 4.72 Å². The number of rotatable bonds is 9. The standard InChI is InChI=1S/C21H19N3O7S2/c1-2-29-21(26)18-17(16(10-22)19(23)32-18)12-31-20(25)13-5-7-15(8-6-13)33(27,28)24-11-14-4-3-9-30-14/h3-9,24H,2,11-12,23H2,1H3. The fourth-order valence-corrected chi connectivity index (χ4v) is 4.67. The van der Waals surface area contributed by atoms with Gasteiger partial charge in [0.15, 0.2) is 0 Å². The molecule has 0 unspecified atom stereocenters. The zero-order valence-electron chi connectivity index (χ0n) is 17.4. The van der Waals surface area contributed by atoms with E-state index in [1.165, 1.54) is 30.5 Å². The second kappa shape index (κ2) is 10.3. The highest BCUT2D eigenvalue weighted by atomic mass is 32.2. The monoisotopic (exact) mass is 489 g/mol. The fraction of sp³-hybridized carbons (Fsp3) is 0.190. The lowest BCUT2D eigenvalue weighted by atomic mass is 10.1. The first-order chi connectivity index (χ1) is 15.8. The zero-order chi connectivity index (χ0) is 24.0. The summed E-state index contributed by atoms with van der Waals surface area (Å²) in [7, 11) is -3.82. The summed E-state index contributed by atoms with van der Waals surface area (Å²) >= 11 is 0.878. The summed E-state index contributed by atoms with van der Waals surface area (Å²) in [4.78, 5) is 24.6. The van der Waals surface area contributed by atoms with Crippen LogP contribution in [0.25, 0.3) is 0 Å². The van der Waals surface area contributed by atoms with E-state index in [1.54, 1.807) is 19.1 Å². The predicted octanol–water partition coefficient (Wildman–Crippen LogP) is 2.81. The van der Waals surface area contributed by atoms with Crippen LogP contribution in [0.15, 0.2) is 52.0 Å². The van der Waals surface area contributed by atoms with E-state index in [-0.39, 0.29) is 51.2 Å². The number of nitrogens with one attached hydrogen (secondary N) is 1. The van der Waals surface area contributed by atoms with Gasteiger partial charge in [0.1, 0.15) is 28.3 Å². The van der Waals surface area contributed by atoms with Crippen LogP contribution in [0.1, 0.15) is 43.8 Å². The Morgan fingerprint density at radius 2 is 1.91 bits per heavy atom. The minimum atomic E-state index is -3.82. The number of ether oxygens (including phenoxy) is 2. The average molecular weight is 490 g/mol. The van der Waals surface area contributed by atoms with Crippen molar-refractivity contribution >= 4 is 38.3 Å². The highest BCUT2D eigenvalue weighted by Gasteiger charge is 2.24. The number of sulfonamides is 1. The number of thiophene rings is 1. The summed E-state index contributed by atoms with van der Waals surface area (Å²) in [6, 6.07) is 10.3. The molecular weight excluding hydrogens is 470 g/mol. The third-order valence-electron chi connectivity index (χ3n) is 4.37. The minimum absolute atomic E-state index is 0.0209. The molecule has 0 saturated carbocycles. The molecule has 3 aromatic rings. The maximum atomic E-state index is 12.4. The largest absolute Gasteiger partial charge is 0.468 e.